The van der Waals surface area contributed by atoms with Gasteiger partial charge in [-0.05, 0) is 12.8 Å². The summed E-state index contributed by atoms with van der Waals surface area (Å²) < 4.78 is 5.33. The first-order valence-electron chi connectivity index (χ1n) is 8.15. The van der Waals surface area contributed by atoms with E-state index in [9.17, 15) is 14.7 Å². The Morgan fingerprint density at radius 1 is 1.42 bits per heavy atom. The van der Waals surface area contributed by atoms with Crippen LogP contribution in [0.2, 0.25) is 0 Å². The molecule has 0 bridgehead atoms. The van der Waals surface area contributed by atoms with Gasteiger partial charge in [0.05, 0.1) is 12.5 Å². The van der Waals surface area contributed by atoms with E-state index in [0.29, 0.717) is 30.7 Å². The lowest BCUT2D eigenvalue weighted by molar-refractivity contribution is -0.149. The van der Waals surface area contributed by atoms with E-state index in [4.69, 9.17) is 4.52 Å². The van der Waals surface area contributed by atoms with Crippen molar-refractivity contribution in [2.24, 2.45) is 11.3 Å². The van der Waals surface area contributed by atoms with E-state index in [2.05, 4.69) is 15.5 Å². The number of hydrogen-bond donors (Lipinski definition) is 2. The Hall–Kier alpha value is -1.67. The average Bonchev–Trinajstić information content (AvgIpc) is 3.27. The summed E-state index contributed by atoms with van der Waals surface area (Å²) in [6, 6.07) is 0. The average molecular weight is 357 g/mol. The molecule has 0 unspecified atom stereocenters. The number of aromatic nitrogens is 2. The van der Waals surface area contributed by atoms with Gasteiger partial charge < -0.3 is 19.8 Å². The molecule has 0 aromatic carbocycles. The van der Waals surface area contributed by atoms with Crippen LogP contribution in [-0.4, -0.2) is 51.7 Å². The van der Waals surface area contributed by atoms with Crippen LogP contribution in [0.3, 0.4) is 0 Å². The van der Waals surface area contributed by atoms with Gasteiger partial charge in [0.1, 0.15) is 5.41 Å². The minimum Gasteiger partial charge on any atom is -0.481 e. The first-order valence-corrected chi connectivity index (χ1v) is 8.15. The molecule has 1 aliphatic carbocycles. The highest BCUT2D eigenvalue weighted by molar-refractivity contribution is 5.92. The minimum absolute atomic E-state index is 0. The fourth-order valence-electron chi connectivity index (χ4n) is 4.15. The highest BCUT2D eigenvalue weighted by atomic mass is 35.5. The largest absolute Gasteiger partial charge is 0.481 e. The van der Waals surface area contributed by atoms with Crippen molar-refractivity contribution >= 4 is 24.3 Å². The minimum atomic E-state index is -1.02. The van der Waals surface area contributed by atoms with E-state index in [-0.39, 0.29) is 31.4 Å². The first-order chi connectivity index (χ1) is 11.1. The predicted molar refractivity (Wildman–Crippen MR) is 84.6 cm³/mol. The van der Waals surface area contributed by atoms with Gasteiger partial charge in [0.25, 0.3) is 0 Å². The molecule has 4 rings (SSSR count). The Balaban J connectivity index is 0.00000169. The summed E-state index contributed by atoms with van der Waals surface area (Å²) in [6.07, 6.45) is 4.51. The third-order valence-corrected chi connectivity index (χ3v) is 5.49. The van der Waals surface area contributed by atoms with Gasteiger partial charge in [-0.2, -0.15) is 4.98 Å². The van der Waals surface area contributed by atoms with E-state index >= 15 is 0 Å². The Kier molecular flexibility index (Phi) is 4.52. The molecule has 0 radical (unpaired) electrons. The number of carbonyl (C=O) groups excluding carboxylic acids is 1. The number of nitrogens with one attached hydrogen (secondary N) is 1. The third kappa shape index (κ3) is 2.57. The van der Waals surface area contributed by atoms with E-state index in [1.54, 1.807) is 4.90 Å². The van der Waals surface area contributed by atoms with Crippen molar-refractivity contribution in [2.75, 3.05) is 19.6 Å². The molecule has 2 N–H and O–H groups in total. The van der Waals surface area contributed by atoms with Gasteiger partial charge in [0.2, 0.25) is 11.8 Å². The topological polar surface area (TPSA) is 109 Å². The van der Waals surface area contributed by atoms with Crippen molar-refractivity contribution in [3.05, 3.63) is 11.7 Å². The molecule has 8 nitrogen and oxygen atoms in total. The first kappa shape index (κ1) is 17.2. The Morgan fingerprint density at radius 2 is 2.17 bits per heavy atom. The van der Waals surface area contributed by atoms with Gasteiger partial charge in [-0.15, -0.1) is 12.4 Å². The molecular weight excluding hydrogens is 336 g/mol. The Labute approximate surface area is 145 Å². The summed E-state index contributed by atoms with van der Waals surface area (Å²) in [4.78, 5) is 30.1. The molecule has 24 heavy (non-hydrogen) atoms. The van der Waals surface area contributed by atoms with Crippen LogP contribution in [0.4, 0.5) is 0 Å². The highest BCUT2D eigenvalue weighted by Gasteiger charge is 2.59. The summed E-state index contributed by atoms with van der Waals surface area (Å²) in [5, 5.41) is 16.6. The summed E-state index contributed by atoms with van der Waals surface area (Å²) in [5.41, 5.74) is -1.02. The van der Waals surface area contributed by atoms with Crippen LogP contribution in [0, 0.1) is 11.3 Å². The number of carbonyl (C=O) groups is 2. The lowest BCUT2D eigenvalue weighted by Crippen LogP contribution is -2.40. The number of fused-ring (bicyclic) bond motifs is 1. The quantitative estimate of drug-likeness (QED) is 0.820. The lowest BCUT2D eigenvalue weighted by Gasteiger charge is -2.21. The number of aliphatic carboxylic acids is 1. The fourth-order valence-corrected chi connectivity index (χ4v) is 4.15. The number of nitrogens with zero attached hydrogens (tertiary/aromatic N) is 3. The molecule has 2 aliphatic heterocycles. The molecule has 3 fully saturated rings. The summed E-state index contributed by atoms with van der Waals surface area (Å²) in [6.45, 7) is 1.17. The molecule has 1 aromatic rings. The summed E-state index contributed by atoms with van der Waals surface area (Å²) in [5.74, 6) is -0.0962. The number of hydrogen-bond acceptors (Lipinski definition) is 6. The van der Waals surface area contributed by atoms with E-state index < -0.39 is 17.3 Å². The SMILES string of the molecule is Cl.O=C1[C@@H]2CNC[C@]2(C(=O)O)CN1Cc1noc(C2CCCC2)n1. The number of rotatable bonds is 4. The zero-order valence-corrected chi connectivity index (χ0v) is 14.0. The monoisotopic (exact) mass is 356 g/mol. The molecule has 3 heterocycles. The standard InChI is InChI=1S/C15H20N4O4.ClH/c20-13-10-5-16-7-15(10,14(21)22)8-19(13)6-11-17-12(23-18-11)9-3-1-2-4-9;/h9-10,16H,1-8H2,(H,21,22);1H/t10-,15-;/m0./s1. The van der Waals surface area contributed by atoms with Crippen LogP contribution in [0.15, 0.2) is 4.52 Å². The van der Waals surface area contributed by atoms with Crippen molar-refractivity contribution in [3.8, 4) is 0 Å². The second-order valence-electron chi connectivity index (χ2n) is 6.87. The fraction of sp³-hybridized carbons (Fsp3) is 0.733. The Morgan fingerprint density at radius 3 is 2.83 bits per heavy atom. The van der Waals surface area contributed by atoms with Gasteiger partial charge in [-0.3, -0.25) is 9.59 Å². The highest BCUT2D eigenvalue weighted by Crippen LogP contribution is 2.40. The summed E-state index contributed by atoms with van der Waals surface area (Å²) in [7, 11) is 0. The number of carboxylic acid groups (broad SMARTS) is 1. The van der Waals surface area contributed by atoms with Crippen LogP contribution in [0.1, 0.15) is 43.3 Å². The second-order valence-corrected chi connectivity index (χ2v) is 6.87. The Bertz CT molecular complexity index is 645. The molecule has 2 saturated heterocycles. The van der Waals surface area contributed by atoms with Gasteiger partial charge >= 0.3 is 5.97 Å². The maximum absolute atomic E-state index is 12.5. The molecule has 0 spiro atoms. The summed E-state index contributed by atoms with van der Waals surface area (Å²) >= 11 is 0. The molecule has 3 aliphatic rings. The van der Waals surface area contributed by atoms with Crippen molar-refractivity contribution < 1.29 is 19.2 Å². The van der Waals surface area contributed by atoms with Crippen molar-refractivity contribution in [1.29, 1.82) is 0 Å². The van der Waals surface area contributed by atoms with Crippen LogP contribution in [0.5, 0.6) is 0 Å². The van der Waals surface area contributed by atoms with Crippen LogP contribution in [-0.2, 0) is 16.1 Å². The lowest BCUT2D eigenvalue weighted by atomic mass is 9.81. The molecule has 9 heteroatoms. The third-order valence-electron chi connectivity index (χ3n) is 5.49. The molecule has 1 saturated carbocycles. The van der Waals surface area contributed by atoms with Crippen molar-refractivity contribution in [2.45, 2.75) is 38.1 Å². The van der Waals surface area contributed by atoms with Crippen molar-refractivity contribution in [1.82, 2.24) is 20.4 Å². The van der Waals surface area contributed by atoms with E-state index in [1.807, 2.05) is 0 Å². The van der Waals surface area contributed by atoms with Crippen LogP contribution < -0.4 is 5.32 Å². The van der Waals surface area contributed by atoms with E-state index in [1.165, 1.54) is 12.8 Å². The van der Waals surface area contributed by atoms with Crippen LogP contribution in [0.25, 0.3) is 0 Å². The number of amides is 1. The molecule has 1 amide bonds. The molecule has 1 aromatic heterocycles. The maximum atomic E-state index is 12.5. The van der Waals surface area contributed by atoms with Gasteiger partial charge in [-0.25, -0.2) is 0 Å². The van der Waals surface area contributed by atoms with E-state index in [0.717, 1.165) is 12.8 Å². The molecule has 2 atom stereocenters. The van der Waals surface area contributed by atoms with Gasteiger partial charge in [0, 0.05) is 25.6 Å². The second kappa shape index (κ2) is 6.33. The number of halogens is 1. The van der Waals surface area contributed by atoms with Gasteiger partial charge in [0.15, 0.2) is 5.82 Å². The number of carboxylic acids is 1. The van der Waals surface area contributed by atoms with Gasteiger partial charge in [-0.1, -0.05) is 18.0 Å². The predicted octanol–water partition coefficient (Wildman–Crippen LogP) is 0.782. The zero-order chi connectivity index (χ0) is 16.0. The normalized spacial score (nSPS) is 29.8. The van der Waals surface area contributed by atoms with Crippen molar-refractivity contribution in [3.63, 3.8) is 0 Å². The zero-order valence-electron chi connectivity index (χ0n) is 13.2. The smallest absolute Gasteiger partial charge is 0.313 e. The molecular formula is C15H21ClN4O4. The molecule has 132 valence electrons. The number of likely N-dealkylation sites (tertiary alicyclic amines) is 1. The van der Waals surface area contributed by atoms with Crippen LogP contribution >= 0.6 is 12.4 Å². The maximum Gasteiger partial charge on any atom is 0.313 e.